The Morgan fingerprint density at radius 1 is 0.388 bits per heavy atom. The molecule has 9 nitrogen and oxygen atoms in total. The lowest BCUT2D eigenvalue weighted by molar-refractivity contribution is -0.302. The summed E-state index contributed by atoms with van der Waals surface area (Å²) in [5, 5.41) is 54.8. The highest BCUT2D eigenvalue weighted by Gasteiger charge is 2.44. The molecule has 0 spiro atoms. The standard InChI is InChI=1S/C76H145NO8/c1-3-5-7-9-11-13-15-17-19-21-23-25-27-29-31-33-35-36-37-39-41-43-45-47-49-51-53-55-57-59-61-63-65-70(79)69(68-84-76-75(83)74(82)73(81)71(67-78)85-76)77-72(80)66-64-62-60-58-56-54-52-50-48-46-44-42-40-38-34-32-30-28-26-24-22-20-18-16-14-12-10-8-6-4-2/h47,49,55,57,63,65,69-71,73-76,78-79,81-83H,3-46,48,50-54,56,58-62,64,66-68H2,1-2H3,(H,77,80)/b49-47+,57-55+,65-63+. The number of carbonyl (C=O) groups excluding carboxylic acids is 1. The Bertz CT molecular complexity index is 1440. The summed E-state index contributed by atoms with van der Waals surface area (Å²) in [5.74, 6) is -0.182. The van der Waals surface area contributed by atoms with E-state index in [-0.39, 0.29) is 12.5 Å². The van der Waals surface area contributed by atoms with Gasteiger partial charge >= 0.3 is 0 Å². The molecule has 0 aromatic carbocycles. The van der Waals surface area contributed by atoms with Crippen LogP contribution in [0.4, 0.5) is 0 Å². The lowest BCUT2D eigenvalue weighted by atomic mass is 9.99. The third-order valence-corrected chi connectivity index (χ3v) is 18.2. The summed E-state index contributed by atoms with van der Waals surface area (Å²) in [6.07, 6.45) is 81.4. The lowest BCUT2D eigenvalue weighted by Crippen LogP contribution is -2.60. The number of unbranched alkanes of at least 4 members (excludes halogenated alkanes) is 53. The molecule has 1 aliphatic heterocycles. The molecule has 0 saturated carbocycles. The van der Waals surface area contributed by atoms with Crippen LogP contribution < -0.4 is 5.32 Å². The zero-order valence-electron chi connectivity index (χ0n) is 56.4. The minimum absolute atomic E-state index is 0.182. The van der Waals surface area contributed by atoms with Gasteiger partial charge in [-0.25, -0.2) is 0 Å². The van der Waals surface area contributed by atoms with Crippen LogP contribution in [0.25, 0.3) is 0 Å². The Morgan fingerprint density at radius 2 is 0.671 bits per heavy atom. The molecule has 1 heterocycles. The van der Waals surface area contributed by atoms with Crippen molar-refractivity contribution in [1.82, 2.24) is 5.32 Å². The highest BCUT2D eigenvalue weighted by atomic mass is 16.7. The first kappa shape index (κ1) is 81.4. The van der Waals surface area contributed by atoms with Crippen molar-refractivity contribution in [2.45, 2.75) is 429 Å². The maximum absolute atomic E-state index is 13.1. The number of allylic oxidation sites excluding steroid dienone is 5. The van der Waals surface area contributed by atoms with Gasteiger partial charge in [-0.3, -0.25) is 4.79 Å². The second-order valence-corrected chi connectivity index (χ2v) is 26.4. The molecule has 1 saturated heterocycles. The van der Waals surface area contributed by atoms with Gasteiger partial charge in [0.1, 0.15) is 24.4 Å². The van der Waals surface area contributed by atoms with Crippen molar-refractivity contribution in [1.29, 1.82) is 0 Å². The Labute approximate surface area is 527 Å². The van der Waals surface area contributed by atoms with Crippen LogP contribution in [0.1, 0.15) is 386 Å². The van der Waals surface area contributed by atoms with Gasteiger partial charge in [0.05, 0.1) is 25.4 Å². The zero-order valence-corrected chi connectivity index (χ0v) is 56.4. The number of rotatable bonds is 67. The van der Waals surface area contributed by atoms with Gasteiger partial charge < -0.3 is 40.3 Å². The van der Waals surface area contributed by atoms with Gasteiger partial charge in [-0.05, 0) is 44.9 Å². The maximum atomic E-state index is 13.1. The number of aliphatic hydroxyl groups excluding tert-OH is 5. The molecule has 502 valence electrons. The molecule has 85 heavy (non-hydrogen) atoms. The molecule has 1 aliphatic rings. The van der Waals surface area contributed by atoms with E-state index in [2.05, 4.69) is 43.5 Å². The van der Waals surface area contributed by atoms with Crippen LogP contribution in [0, 0.1) is 0 Å². The summed E-state index contributed by atoms with van der Waals surface area (Å²) in [6, 6.07) is -0.828. The third-order valence-electron chi connectivity index (χ3n) is 18.2. The first-order chi connectivity index (χ1) is 41.8. The fourth-order valence-electron chi connectivity index (χ4n) is 12.3. The summed E-state index contributed by atoms with van der Waals surface area (Å²) >= 11 is 0. The minimum Gasteiger partial charge on any atom is -0.394 e. The van der Waals surface area contributed by atoms with E-state index in [9.17, 15) is 30.3 Å². The largest absolute Gasteiger partial charge is 0.394 e. The predicted octanol–water partition coefficient (Wildman–Crippen LogP) is 21.0. The van der Waals surface area contributed by atoms with Crippen molar-refractivity contribution in [2.24, 2.45) is 0 Å². The van der Waals surface area contributed by atoms with Gasteiger partial charge in [0.25, 0.3) is 0 Å². The Kier molecular flexibility index (Phi) is 62.6. The summed E-state index contributed by atoms with van der Waals surface area (Å²) in [6.45, 7) is 3.82. The molecule has 0 aliphatic carbocycles. The van der Waals surface area contributed by atoms with Crippen LogP contribution in [0.5, 0.6) is 0 Å². The molecule has 1 fully saturated rings. The van der Waals surface area contributed by atoms with Crippen LogP contribution in [0.2, 0.25) is 0 Å². The van der Waals surface area contributed by atoms with Crippen molar-refractivity contribution < 1.29 is 39.8 Å². The summed E-state index contributed by atoms with van der Waals surface area (Å²) < 4.78 is 11.3. The molecular weight excluding hydrogens is 1050 g/mol. The minimum atomic E-state index is -1.58. The average Bonchev–Trinajstić information content (AvgIpc) is 3.70. The van der Waals surface area contributed by atoms with E-state index in [1.807, 2.05) is 6.08 Å². The first-order valence-electron chi connectivity index (χ1n) is 37.7. The van der Waals surface area contributed by atoms with Gasteiger partial charge in [0.2, 0.25) is 5.91 Å². The van der Waals surface area contributed by atoms with E-state index < -0.39 is 49.5 Å². The number of hydrogen-bond acceptors (Lipinski definition) is 8. The first-order valence-corrected chi connectivity index (χ1v) is 37.7. The maximum Gasteiger partial charge on any atom is 0.220 e. The third kappa shape index (κ3) is 53.9. The van der Waals surface area contributed by atoms with Gasteiger partial charge in [-0.2, -0.15) is 0 Å². The molecule has 0 aromatic heterocycles. The summed E-state index contributed by atoms with van der Waals surface area (Å²) in [7, 11) is 0. The molecule has 0 bridgehead atoms. The van der Waals surface area contributed by atoms with Crippen LogP contribution in [-0.2, 0) is 14.3 Å². The second-order valence-electron chi connectivity index (χ2n) is 26.4. The van der Waals surface area contributed by atoms with Crippen LogP contribution in [-0.4, -0.2) is 87.5 Å². The molecule has 7 atom stereocenters. The number of amides is 1. The highest BCUT2D eigenvalue weighted by Crippen LogP contribution is 2.24. The smallest absolute Gasteiger partial charge is 0.220 e. The summed E-state index contributed by atoms with van der Waals surface area (Å²) in [5.41, 5.74) is 0. The number of nitrogens with one attached hydrogen (secondary N) is 1. The SMILES string of the molecule is CCCCCCCCCCCCCCCCCCCCCCCC/C=C/CC/C=C/CC/C=C/C(O)C(COC1OC(CO)C(O)C(O)C1O)NC(=O)CCCCCCCCCCCCCCCCCCCCCCCCCCCCCCCC. The number of carbonyl (C=O) groups is 1. The normalized spacial score (nSPS) is 18.2. The highest BCUT2D eigenvalue weighted by molar-refractivity contribution is 5.76. The van der Waals surface area contributed by atoms with Gasteiger partial charge in [0, 0.05) is 6.42 Å². The van der Waals surface area contributed by atoms with Gasteiger partial charge in [0.15, 0.2) is 6.29 Å². The van der Waals surface area contributed by atoms with Gasteiger partial charge in [-0.1, -0.05) is 371 Å². The predicted molar refractivity (Wildman–Crippen MR) is 364 cm³/mol. The fourth-order valence-corrected chi connectivity index (χ4v) is 12.3. The topological polar surface area (TPSA) is 149 Å². The Hall–Kier alpha value is -1.59. The van der Waals surface area contributed by atoms with Gasteiger partial charge in [-0.15, -0.1) is 0 Å². The van der Waals surface area contributed by atoms with E-state index >= 15 is 0 Å². The molecular formula is C76H145NO8. The molecule has 6 N–H and O–H groups in total. The lowest BCUT2D eigenvalue weighted by Gasteiger charge is -2.40. The molecule has 0 aromatic rings. The number of hydrogen-bond donors (Lipinski definition) is 6. The van der Waals surface area contributed by atoms with Crippen molar-refractivity contribution in [2.75, 3.05) is 13.2 Å². The van der Waals surface area contributed by atoms with E-state index in [1.165, 1.54) is 321 Å². The molecule has 9 heteroatoms. The average molecular weight is 1200 g/mol. The Morgan fingerprint density at radius 3 is 0.988 bits per heavy atom. The van der Waals surface area contributed by atoms with E-state index in [0.717, 1.165) is 44.9 Å². The van der Waals surface area contributed by atoms with Crippen molar-refractivity contribution in [3.63, 3.8) is 0 Å². The van der Waals surface area contributed by atoms with Crippen LogP contribution >= 0.6 is 0 Å². The van der Waals surface area contributed by atoms with E-state index in [1.54, 1.807) is 6.08 Å². The van der Waals surface area contributed by atoms with Crippen molar-refractivity contribution in [3.8, 4) is 0 Å². The molecule has 0 radical (unpaired) electrons. The zero-order chi connectivity index (χ0) is 61.4. The Balaban J connectivity index is 2.12. The molecule has 1 amide bonds. The number of aliphatic hydroxyl groups is 5. The van der Waals surface area contributed by atoms with Crippen molar-refractivity contribution in [3.05, 3.63) is 36.5 Å². The quantitative estimate of drug-likeness (QED) is 0.0261. The molecule has 7 unspecified atom stereocenters. The van der Waals surface area contributed by atoms with Crippen LogP contribution in [0.3, 0.4) is 0 Å². The second kappa shape index (κ2) is 65.4. The van der Waals surface area contributed by atoms with Crippen LogP contribution in [0.15, 0.2) is 36.5 Å². The fraction of sp³-hybridized carbons (Fsp3) is 0.908. The van der Waals surface area contributed by atoms with E-state index in [0.29, 0.717) is 6.42 Å². The molecule has 1 rings (SSSR count). The number of ether oxygens (including phenoxy) is 2. The summed E-state index contributed by atoms with van der Waals surface area (Å²) in [4.78, 5) is 13.1. The monoisotopic (exact) mass is 1200 g/mol. The van der Waals surface area contributed by atoms with Crippen molar-refractivity contribution >= 4 is 5.91 Å². The van der Waals surface area contributed by atoms with E-state index in [4.69, 9.17) is 9.47 Å².